The third-order valence-electron chi connectivity index (χ3n) is 2.75. The van der Waals surface area contributed by atoms with E-state index in [-0.39, 0.29) is 0 Å². The molecule has 3 aromatic heterocycles. The van der Waals surface area contributed by atoms with Crippen molar-refractivity contribution < 1.29 is 0 Å². The first-order chi connectivity index (χ1) is 8.38. The second-order valence-corrected chi connectivity index (χ2v) is 3.85. The van der Waals surface area contributed by atoms with Crippen molar-refractivity contribution >= 4 is 5.65 Å². The van der Waals surface area contributed by atoms with Gasteiger partial charge in [0.2, 0.25) is 0 Å². The van der Waals surface area contributed by atoms with Crippen molar-refractivity contribution in [1.82, 2.24) is 14.4 Å². The maximum atomic E-state index is 5.63. The lowest BCUT2D eigenvalue weighted by Crippen LogP contribution is -1.98. The van der Waals surface area contributed by atoms with Crippen molar-refractivity contribution in [3.05, 3.63) is 54.6 Å². The number of hydrogen-bond donors (Lipinski definition) is 1. The number of hydrogen-bond acceptors (Lipinski definition) is 3. The van der Waals surface area contributed by atoms with Crippen LogP contribution < -0.4 is 5.73 Å². The van der Waals surface area contributed by atoms with Crippen molar-refractivity contribution in [2.75, 3.05) is 0 Å². The lowest BCUT2D eigenvalue weighted by Gasteiger charge is -2.06. The van der Waals surface area contributed by atoms with Crippen LogP contribution >= 0.6 is 0 Å². The van der Waals surface area contributed by atoms with Gasteiger partial charge < -0.3 is 5.73 Å². The average molecular weight is 224 g/mol. The van der Waals surface area contributed by atoms with Gasteiger partial charge in [0.1, 0.15) is 5.65 Å². The molecule has 0 radical (unpaired) electrons. The molecule has 0 aliphatic rings. The molecule has 17 heavy (non-hydrogen) atoms. The molecule has 2 N–H and O–H groups in total. The fourth-order valence-corrected chi connectivity index (χ4v) is 1.92. The summed E-state index contributed by atoms with van der Waals surface area (Å²) in [5, 5.41) is 0. The van der Waals surface area contributed by atoms with Crippen LogP contribution in [0.25, 0.3) is 16.9 Å². The Kier molecular flexibility index (Phi) is 2.34. The van der Waals surface area contributed by atoms with Gasteiger partial charge in [0, 0.05) is 36.9 Å². The van der Waals surface area contributed by atoms with Gasteiger partial charge in [-0.3, -0.25) is 9.38 Å². The van der Waals surface area contributed by atoms with E-state index in [2.05, 4.69) is 16.0 Å². The molecule has 0 saturated carbocycles. The summed E-state index contributed by atoms with van der Waals surface area (Å²) in [6.45, 7) is 0.501. The van der Waals surface area contributed by atoms with Gasteiger partial charge in [-0.05, 0) is 23.8 Å². The minimum atomic E-state index is 0.501. The summed E-state index contributed by atoms with van der Waals surface area (Å²) < 4.78 is 2.04. The smallest absolute Gasteiger partial charge is 0.137 e. The highest BCUT2D eigenvalue weighted by Gasteiger charge is 2.04. The third kappa shape index (κ3) is 1.68. The molecule has 3 heterocycles. The molecule has 0 amide bonds. The molecule has 0 aromatic carbocycles. The van der Waals surface area contributed by atoms with E-state index >= 15 is 0 Å². The Morgan fingerprint density at radius 1 is 1.24 bits per heavy atom. The van der Waals surface area contributed by atoms with Crippen LogP contribution in [-0.2, 0) is 6.54 Å². The van der Waals surface area contributed by atoms with Crippen LogP contribution in [0.2, 0.25) is 0 Å². The Labute approximate surface area is 98.8 Å². The predicted molar refractivity (Wildman–Crippen MR) is 66.3 cm³/mol. The largest absolute Gasteiger partial charge is 0.326 e. The zero-order chi connectivity index (χ0) is 11.7. The predicted octanol–water partition coefficient (Wildman–Crippen LogP) is 1.85. The van der Waals surface area contributed by atoms with Crippen molar-refractivity contribution in [3.8, 4) is 11.3 Å². The van der Waals surface area contributed by atoms with E-state index in [9.17, 15) is 0 Å². The number of fused-ring (bicyclic) bond motifs is 1. The summed E-state index contributed by atoms with van der Waals surface area (Å²) in [6.07, 6.45) is 7.37. The molecule has 0 spiro atoms. The van der Waals surface area contributed by atoms with Gasteiger partial charge >= 0.3 is 0 Å². The van der Waals surface area contributed by atoms with E-state index in [1.54, 1.807) is 12.4 Å². The van der Waals surface area contributed by atoms with E-state index in [0.717, 1.165) is 22.5 Å². The number of imidazole rings is 1. The van der Waals surface area contributed by atoms with E-state index < -0.39 is 0 Å². The van der Waals surface area contributed by atoms with Gasteiger partial charge in [-0.1, -0.05) is 6.07 Å². The summed E-state index contributed by atoms with van der Waals surface area (Å²) >= 11 is 0. The number of pyridine rings is 2. The van der Waals surface area contributed by atoms with E-state index in [1.807, 2.05) is 35.0 Å². The average Bonchev–Trinajstić information content (AvgIpc) is 2.87. The number of aromatic nitrogens is 3. The molecule has 0 unspecified atom stereocenters. The molecule has 4 heteroatoms. The minimum absolute atomic E-state index is 0.501. The van der Waals surface area contributed by atoms with Crippen molar-refractivity contribution in [3.63, 3.8) is 0 Å². The highest BCUT2D eigenvalue weighted by Crippen LogP contribution is 2.20. The molecule has 84 valence electrons. The van der Waals surface area contributed by atoms with Crippen LogP contribution in [0.3, 0.4) is 0 Å². The Hall–Kier alpha value is -2.20. The van der Waals surface area contributed by atoms with Gasteiger partial charge in [0.05, 0.1) is 5.69 Å². The molecule has 0 aliphatic heterocycles. The Morgan fingerprint density at radius 2 is 2.18 bits per heavy atom. The molecular weight excluding hydrogens is 212 g/mol. The van der Waals surface area contributed by atoms with Gasteiger partial charge in [0.25, 0.3) is 0 Å². The first-order valence-electron chi connectivity index (χ1n) is 5.45. The summed E-state index contributed by atoms with van der Waals surface area (Å²) in [5.41, 5.74) is 9.71. The van der Waals surface area contributed by atoms with Gasteiger partial charge in [-0.15, -0.1) is 0 Å². The maximum absolute atomic E-state index is 5.63. The minimum Gasteiger partial charge on any atom is -0.326 e. The highest BCUT2D eigenvalue weighted by atomic mass is 15.0. The zero-order valence-electron chi connectivity index (χ0n) is 9.24. The molecule has 4 nitrogen and oxygen atoms in total. The number of nitrogens with zero attached hydrogens (tertiary/aromatic N) is 3. The first kappa shape index (κ1) is 9.99. The maximum Gasteiger partial charge on any atom is 0.137 e. The second kappa shape index (κ2) is 3.99. The Morgan fingerprint density at radius 3 is 3.06 bits per heavy atom. The molecule has 0 fully saturated rings. The lowest BCUT2D eigenvalue weighted by molar-refractivity contribution is 1.05. The van der Waals surface area contributed by atoms with E-state index in [1.165, 1.54) is 0 Å². The van der Waals surface area contributed by atoms with Crippen LogP contribution in [0.5, 0.6) is 0 Å². The summed E-state index contributed by atoms with van der Waals surface area (Å²) in [6, 6.07) is 8.07. The quantitative estimate of drug-likeness (QED) is 0.722. The van der Waals surface area contributed by atoms with Crippen LogP contribution in [0.1, 0.15) is 5.56 Å². The zero-order valence-corrected chi connectivity index (χ0v) is 9.24. The summed E-state index contributed by atoms with van der Waals surface area (Å²) in [5.74, 6) is 0. The fourth-order valence-electron chi connectivity index (χ4n) is 1.92. The van der Waals surface area contributed by atoms with E-state index in [4.69, 9.17) is 5.73 Å². The highest BCUT2D eigenvalue weighted by molar-refractivity contribution is 5.63. The first-order valence-corrected chi connectivity index (χ1v) is 5.45. The fraction of sp³-hybridized carbons (Fsp3) is 0.0769. The number of nitrogens with two attached hydrogens (primary N) is 1. The van der Waals surface area contributed by atoms with Crippen molar-refractivity contribution in [2.45, 2.75) is 6.54 Å². The van der Waals surface area contributed by atoms with Crippen LogP contribution in [0.15, 0.2) is 49.1 Å². The molecule has 3 rings (SSSR count). The Bertz CT molecular complexity index is 657. The van der Waals surface area contributed by atoms with Crippen molar-refractivity contribution in [1.29, 1.82) is 0 Å². The summed E-state index contributed by atoms with van der Waals surface area (Å²) in [7, 11) is 0. The SMILES string of the molecule is NCc1cncc(-c2cccc3nccn23)c1. The summed E-state index contributed by atoms with van der Waals surface area (Å²) in [4.78, 5) is 8.47. The van der Waals surface area contributed by atoms with Crippen LogP contribution in [-0.4, -0.2) is 14.4 Å². The van der Waals surface area contributed by atoms with Gasteiger partial charge in [-0.25, -0.2) is 4.98 Å². The van der Waals surface area contributed by atoms with E-state index in [0.29, 0.717) is 6.54 Å². The molecule has 0 saturated heterocycles. The molecule has 0 bridgehead atoms. The third-order valence-corrected chi connectivity index (χ3v) is 2.75. The lowest BCUT2D eigenvalue weighted by atomic mass is 10.1. The number of rotatable bonds is 2. The Balaban J connectivity index is 2.23. The second-order valence-electron chi connectivity index (χ2n) is 3.85. The van der Waals surface area contributed by atoms with Crippen LogP contribution in [0.4, 0.5) is 0 Å². The van der Waals surface area contributed by atoms with Crippen LogP contribution in [0, 0.1) is 0 Å². The van der Waals surface area contributed by atoms with Gasteiger partial charge in [0.15, 0.2) is 0 Å². The standard InChI is InChI=1S/C13H12N4/c14-7-10-6-11(9-15-8-10)12-2-1-3-13-16-4-5-17(12)13/h1-6,8-9H,7,14H2. The topological polar surface area (TPSA) is 56.2 Å². The van der Waals surface area contributed by atoms with Crippen molar-refractivity contribution in [2.24, 2.45) is 5.73 Å². The van der Waals surface area contributed by atoms with Gasteiger partial charge in [-0.2, -0.15) is 0 Å². The monoisotopic (exact) mass is 224 g/mol. The molecular formula is C13H12N4. The molecule has 0 atom stereocenters. The normalized spacial score (nSPS) is 10.9. The molecule has 0 aliphatic carbocycles. The molecule has 3 aromatic rings.